The van der Waals surface area contributed by atoms with Crippen molar-refractivity contribution in [1.82, 2.24) is 0 Å². The second kappa shape index (κ2) is 9.61. The van der Waals surface area contributed by atoms with E-state index in [2.05, 4.69) is 17.6 Å². The third-order valence-corrected chi connectivity index (χ3v) is 3.98. The lowest BCUT2D eigenvalue weighted by atomic mass is 10.1. The highest BCUT2D eigenvalue weighted by molar-refractivity contribution is 6.06. The molecule has 2 aromatic rings. The maximum atomic E-state index is 12.7. The van der Waals surface area contributed by atoms with Crippen LogP contribution in [0.4, 0.5) is 11.4 Å². The van der Waals surface area contributed by atoms with Crippen molar-refractivity contribution in [2.24, 2.45) is 0 Å². The van der Waals surface area contributed by atoms with Crippen molar-refractivity contribution in [2.45, 2.75) is 40.0 Å². The van der Waals surface area contributed by atoms with E-state index in [0.29, 0.717) is 35.7 Å². The molecule has 0 saturated heterocycles. The zero-order valence-corrected chi connectivity index (χ0v) is 15.6. The Bertz CT molecular complexity index is 772. The van der Waals surface area contributed by atoms with Crippen LogP contribution in [0, 0.1) is 6.92 Å². The Kier molecular flexibility index (Phi) is 7.21. The normalized spacial score (nSPS) is 10.3. The van der Waals surface area contributed by atoms with Crippen LogP contribution in [0.15, 0.2) is 42.5 Å². The van der Waals surface area contributed by atoms with Gasteiger partial charge < -0.3 is 15.4 Å². The molecule has 2 N–H and O–H groups in total. The molecule has 0 fully saturated rings. The Morgan fingerprint density at radius 1 is 1.04 bits per heavy atom. The molecule has 0 heterocycles. The van der Waals surface area contributed by atoms with Crippen LogP contribution in [0.25, 0.3) is 0 Å². The molecule has 0 aliphatic rings. The van der Waals surface area contributed by atoms with E-state index >= 15 is 0 Å². The van der Waals surface area contributed by atoms with Crippen molar-refractivity contribution in [2.75, 3.05) is 17.2 Å². The van der Waals surface area contributed by atoms with Crippen molar-refractivity contribution in [1.29, 1.82) is 0 Å². The molecule has 0 aromatic heterocycles. The van der Waals surface area contributed by atoms with Crippen molar-refractivity contribution in [3.8, 4) is 5.75 Å². The number of benzene rings is 2. The second-order valence-corrected chi connectivity index (χ2v) is 6.08. The van der Waals surface area contributed by atoms with E-state index < -0.39 is 0 Å². The fraction of sp³-hybridized carbons (Fsp3) is 0.333. The topological polar surface area (TPSA) is 67.4 Å². The van der Waals surface area contributed by atoms with Gasteiger partial charge in [-0.2, -0.15) is 0 Å². The molecule has 2 aromatic carbocycles. The van der Waals surface area contributed by atoms with E-state index in [1.807, 2.05) is 31.2 Å². The van der Waals surface area contributed by atoms with Gasteiger partial charge in [0.15, 0.2) is 0 Å². The minimum absolute atomic E-state index is 0.0637. The molecule has 2 amide bonds. The Morgan fingerprint density at radius 2 is 1.81 bits per heavy atom. The highest BCUT2D eigenvalue weighted by Gasteiger charge is 2.13. The summed E-state index contributed by atoms with van der Waals surface area (Å²) in [7, 11) is 0. The van der Waals surface area contributed by atoms with Gasteiger partial charge in [0.05, 0.1) is 12.2 Å². The van der Waals surface area contributed by atoms with Crippen LogP contribution < -0.4 is 15.4 Å². The predicted molar refractivity (Wildman–Crippen MR) is 105 cm³/mol. The van der Waals surface area contributed by atoms with Gasteiger partial charge in [-0.25, -0.2) is 0 Å². The monoisotopic (exact) mass is 354 g/mol. The van der Waals surface area contributed by atoms with Crippen molar-refractivity contribution >= 4 is 23.2 Å². The van der Waals surface area contributed by atoms with Crippen LogP contribution in [-0.2, 0) is 4.79 Å². The number of carbonyl (C=O) groups is 2. The lowest BCUT2D eigenvalue weighted by Gasteiger charge is -2.13. The van der Waals surface area contributed by atoms with Gasteiger partial charge in [0.2, 0.25) is 5.91 Å². The number of ether oxygens (including phenoxy) is 1. The maximum Gasteiger partial charge on any atom is 0.259 e. The number of nitrogens with one attached hydrogen (secondary N) is 2. The van der Waals surface area contributed by atoms with Crippen LogP contribution in [0.2, 0.25) is 0 Å². The fourth-order valence-corrected chi connectivity index (χ4v) is 2.38. The van der Waals surface area contributed by atoms with Crippen LogP contribution in [0.1, 0.15) is 49.0 Å². The minimum atomic E-state index is -0.242. The number of aryl methyl sites for hydroxylation is 1. The number of amides is 2. The van der Waals surface area contributed by atoms with E-state index in [9.17, 15) is 9.59 Å². The summed E-state index contributed by atoms with van der Waals surface area (Å²) >= 11 is 0. The lowest BCUT2D eigenvalue weighted by Crippen LogP contribution is -2.15. The quantitative estimate of drug-likeness (QED) is 0.671. The minimum Gasteiger partial charge on any atom is -0.493 e. The standard InChI is InChI=1S/C21H26N2O3/c1-4-6-13-26-19-10-8-7-9-17(19)21(25)22-16-12-11-15(3)18(14-16)23-20(24)5-2/h7-12,14H,4-6,13H2,1-3H3,(H,22,25)(H,23,24). The van der Waals surface area contributed by atoms with Crippen molar-refractivity contribution in [3.05, 3.63) is 53.6 Å². The Morgan fingerprint density at radius 3 is 2.54 bits per heavy atom. The number of rotatable bonds is 8. The van der Waals surface area contributed by atoms with Crippen LogP contribution >= 0.6 is 0 Å². The van der Waals surface area contributed by atoms with Crippen LogP contribution in [0.3, 0.4) is 0 Å². The zero-order chi connectivity index (χ0) is 18.9. The molecule has 5 nitrogen and oxygen atoms in total. The van der Waals surface area contributed by atoms with Crippen molar-refractivity contribution in [3.63, 3.8) is 0 Å². The van der Waals surface area contributed by atoms with E-state index in [1.54, 1.807) is 25.1 Å². The average molecular weight is 354 g/mol. The summed E-state index contributed by atoms with van der Waals surface area (Å²) in [5, 5.41) is 5.72. The van der Waals surface area contributed by atoms with Crippen molar-refractivity contribution < 1.29 is 14.3 Å². The summed E-state index contributed by atoms with van der Waals surface area (Å²) in [5.74, 6) is 0.269. The van der Waals surface area contributed by atoms with Gasteiger partial charge in [-0.15, -0.1) is 0 Å². The van der Waals surface area contributed by atoms with E-state index in [-0.39, 0.29) is 11.8 Å². The summed E-state index contributed by atoms with van der Waals surface area (Å²) in [6.07, 6.45) is 2.37. The van der Waals surface area contributed by atoms with Gasteiger partial charge in [0, 0.05) is 17.8 Å². The molecule has 0 spiro atoms. The van der Waals surface area contributed by atoms with Gasteiger partial charge in [0.1, 0.15) is 5.75 Å². The summed E-state index contributed by atoms with van der Waals surface area (Å²) in [6, 6.07) is 12.6. The molecule has 138 valence electrons. The summed E-state index contributed by atoms with van der Waals surface area (Å²) in [5.41, 5.74) is 2.74. The molecule has 0 aliphatic carbocycles. The first-order valence-corrected chi connectivity index (χ1v) is 8.98. The summed E-state index contributed by atoms with van der Waals surface area (Å²) in [6.45, 7) is 6.38. The number of hydrogen-bond acceptors (Lipinski definition) is 3. The summed E-state index contributed by atoms with van der Waals surface area (Å²) in [4.78, 5) is 24.3. The number of unbranched alkanes of at least 4 members (excludes halogenated alkanes) is 1. The molecular weight excluding hydrogens is 328 g/mol. The second-order valence-electron chi connectivity index (χ2n) is 6.08. The van der Waals surface area contributed by atoms with E-state index in [0.717, 1.165) is 18.4 Å². The first kappa shape index (κ1) is 19.5. The molecule has 0 aliphatic heterocycles. The fourth-order valence-electron chi connectivity index (χ4n) is 2.38. The Labute approximate surface area is 154 Å². The molecule has 26 heavy (non-hydrogen) atoms. The van der Waals surface area contributed by atoms with E-state index in [1.165, 1.54) is 0 Å². The average Bonchev–Trinajstić information content (AvgIpc) is 2.65. The van der Waals surface area contributed by atoms with Crippen LogP contribution in [0.5, 0.6) is 5.75 Å². The Balaban J connectivity index is 2.15. The van der Waals surface area contributed by atoms with Gasteiger partial charge in [0.25, 0.3) is 5.91 Å². The zero-order valence-electron chi connectivity index (χ0n) is 15.6. The maximum absolute atomic E-state index is 12.7. The van der Waals surface area contributed by atoms with Gasteiger partial charge in [-0.1, -0.05) is 38.5 Å². The number of anilines is 2. The third-order valence-electron chi connectivity index (χ3n) is 3.98. The number of para-hydroxylation sites is 1. The smallest absolute Gasteiger partial charge is 0.259 e. The molecule has 0 saturated carbocycles. The molecule has 5 heteroatoms. The number of hydrogen-bond donors (Lipinski definition) is 2. The third kappa shape index (κ3) is 5.34. The first-order valence-electron chi connectivity index (χ1n) is 8.98. The molecule has 0 atom stereocenters. The first-order chi connectivity index (χ1) is 12.5. The highest BCUT2D eigenvalue weighted by Crippen LogP contribution is 2.23. The van der Waals surface area contributed by atoms with Gasteiger partial charge in [-0.3, -0.25) is 9.59 Å². The molecular formula is C21H26N2O3. The Hall–Kier alpha value is -2.82. The SMILES string of the molecule is CCCCOc1ccccc1C(=O)Nc1ccc(C)c(NC(=O)CC)c1. The molecule has 0 bridgehead atoms. The van der Waals surface area contributed by atoms with E-state index in [4.69, 9.17) is 4.74 Å². The molecule has 0 unspecified atom stereocenters. The lowest BCUT2D eigenvalue weighted by molar-refractivity contribution is -0.115. The van der Waals surface area contributed by atoms with Crippen LogP contribution in [-0.4, -0.2) is 18.4 Å². The molecule has 0 radical (unpaired) electrons. The molecule has 2 rings (SSSR count). The summed E-state index contributed by atoms with van der Waals surface area (Å²) < 4.78 is 5.73. The predicted octanol–water partition coefficient (Wildman–Crippen LogP) is 4.77. The largest absolute Gasteiger partial charge is 0.493 e. The highest BCUT2D eigenvalue weighted by atomic mass is 16.5. The van der Waals surface area contributed by atoms with Gasteiger partial charge >= 0.3 is 0 Å². The van der Waals surface area contributed by atoms with Gasteiger partial charge in [-0.05, 0) is 43.2 Å². The number of carbonyl (C=O) groups excluding carboxylic acids is 2.